The van der Waals surface area contributed by atoms with Gasteiger partial charge < -0.3 is 5.32 Å². The van der Waals surface area contributed by atoms with Crippen molar-refractivity contribution >= 4 is 33.9 Å². The first kappa shape index (κ1) is 10.9. The van der Waals surface area contributed by atoms with Crippen LogP contribution < -0.4 is 5.32 Å². The Bertz CT molecular complexity index is 694. The molecule has 0 aliphatic heterocycles. The Morgan fingerprint density at radius 3 is 2.94 bits per heavy atom. The predicted octanol–water partition coefficient (Wildman–Crippen LogP) is 3.42. The van der Waals surface area contributed by atoms with Crippen LogP contribution in [-0.2, 0) is 0 Å². The van der Waals surface area contributed by atoms with Crippen molar-refractivity contribution in [1.82, 2.24) is 15.0 Å². The quantitative estimate of drug-likeness (QED) is 0.714. The zero-order chi connectivity index (χ0) is 12.4. The van der Waals surface area contributed by atoms with Crippen LogP contribution in [0.25, 0.3) is 10.8 Å². The minimum absolute atomic E-state index is 0.411. The smallest absolute Gasteiger partial charge is 0.135 e. The lowest BCUT2D eigenvalue weighted by Crippen LogP contribution is -1.95. The predicted molar refractivity (Wildman–Crippen MR) is 72.1 cm³/mol. The minimum Gasteiger partial charge on any atom is -0.340 e. The van der Waals surface area contributed by atoms with E-state index >= 15 is 0 Å². The van der Waals surface area contributed by atoms with Gasteiger partial charge in [-0.05, 0) is 12.1 Å². The van der Waals surface area contributed by atoms with Crippen LogP contribution >= 0.6 is 11.6 Å². The SMILES string of the molecule is Clc1cc(Nc2cccc3cnccc23)ncn1. The fourth-order valence-corrected chi connectivity index (χ4v) is 1.92. The van der Waals surface area contributed by atoms with Gasteiger partial charge in [0, 0.05) is 34.9 Å². The van der Waals surface area contributed by atoms with E-state index < -0.39 is 0 Å². The average Bonchev–Trinajstić information content (AvgIpc) is 2.39. The maximum atomic E-state index is 5.83. The molecule has 1 aromatic carbocycles. The number of halogens is 1. The number of rotatable bonds is 2. The van der Waals surface area contributed by atoms with Crippen molar-refractivity contribution in [2.75, 3.05) is 5.32 Å². The number of benzene rings is 1. The lowest BCUT2D eigenvalue weighted by atomic mass is 10.1. The number of anilines is 2. The lowest BCUT2D eigenvalue weighted by molar-refractivity contribution is 1.17. The Morgan fingerprint density at radius 1 is 1.11 bits per heavy atom. The highest BCUT2D eigenvalue weighted by atomic mass is 35.5. The molecule has 0 aliphatic carbocycles. The standard InChI is InChI=1S/C13H9ClN4/c14-12-6-13(17-8-16-12)18-11-3-1-2-9-7-15-5-4-10(9)11/h1-8H,(H,16,17,18). The number of fused-ring (bicyclic) bond motifs is 1. The summed E-state index contributed by atoms with van der Waals surface area (Å²) in [6, 6.07) is 9.61. The first-order valence-corrected chi connectivity index (χ1v) is 5.78. The molecule has 0 fully saturated rings. The molecular formula is C13H9ClN4. The van der Waals surface area contributed by atoms with Gasteiger partial charge in [-0.25, -0.2) is 9.97 Å². The number of aromatic nitrogens is 3. The van der Waals surface area contributed by atoms with Gasteiger partial charge in [-0.1, -0.05) is 23.7 Å². The van der Waals surface area contributed by atoms with E-state index in [-0.39, 0.29) is 0 Å². The lowest BCUT2D eigenvalue weighted by Gasteiger charge is -2.08. The largest absolute Gasteiger partial charge is 0.340 e. The summed E-state index contributed by atoms with van der Waals surface area (Å²) in [5, 5.41) is 5.79. The van der Waals surface area contributed by atoms with Gasteiger partial charge in [-0.15, -0.1) is 0 Å². The van der Waals surface area contributed by atoms with E-state index in [0.717, 1.165) is 16.5 Å². The number of nitrogens with one attached hydrogen (secondary N) is 1. The van der Waals surface area contributed by atoms with Gasteiger partial charge in [0.15, 0.2) is 0 Å². The second-order valence-corrected chi connectivity index (χ2v) is 4.14. The van der Waals surface area contributed by atoms with E-state index in [1.165, 1.54) is 6.33 Å². The van der Waals surface area contributed by atoms with Gasteiger partial charge in [-0.2, -0.15) is 0 Å². The van der Waals surface area contributed by atoms with Crippen molar-refractivity contribution < 1.29 is 0 Å². The van der Waals surface area contributed by atoms with Crippen LogP contribution in [0.3, 0.4) is 0 Å². The zero-order valence-electron chi connectivity index (χ0n) is 9.34. The molecule has 0 saturated carbocycles. The molecule has 2 heterocycles. The molecule has 3 aromatic rings. The number of nitrogens with zero attached hydrogens (tertiary/aromatic N) is 3. The van der Waals surface area contributed by atoms with E-state index in [0.29, 0.717) is 11.0 Å². The van der Waals surface area contributed by atoms with E-state index in [1.807, 2.05) is 30.5 Å². The molecule has 18 heavy (non-hydrogen) atoms. The topological polar surface area (TPSA) is 50.7 Å². The fourth-order valence-electron chi connectivity index (χ4n) is 1.77. The Hall–Kier alpha value is -2.20. The van der Waals surface area contributed by atoms with Crippen LogP contribution in [0.4, 0.5) is 11.5 Å². The van der Waals surface area contributed by atoms with Gasteiger partial charge in [-0.3, -0.25) is 4.98 Å². The molecule has 5 heteroatoms. The molecule has 4 nitrogen and oxygen atoms in total. The van der Waals surface area contributed by atoms with Gasteiger partial charge in [0.25, 0.3) is 0 Å². The highest BCUT2D eigenvalue weighted by molar-refractivity contribution is 6.29. The molecular weight excluding hydrogens is 248 g/mol. The number of pyridine rings is 1. The number of hydrogen-bond acceptors (Lipinski definition) is 4. The van der Waals surface area contributed by atoms with Crippen LogP contribution in [0.5, 0.6) is 0 Å². The van der Waals surface area contributed by atoms with Crippen LogP contribution in [0, 0.1) is 0 Å². The Kier molecular flexibility index (Phi) is 2.78. The third-order valence-electron chi connectivity index (χ3n) is 2.58. The summed E-state index contributed by atoms with van der Waals surface area (Å²) in [7, 11) is 0. The molecule has 1 N–H and O–H groups in total. The number of hydrogen-bond donors (Lipinski definition) is 1. The average molecular weight is 257 g/mol. The van der Waals surface area contributed by atoms with Crippen LogP contribution in [0.1, 0.15) is 0 Å². The van der Waals surface area contributed by atoms with Crippen LogP contribution in [0.2, 0.25) is 5.15 Å². The second kappa shape index (κ2) is 4.58. The third-order valence-corrected chi connectivity index (χ3v) is 2.78. The maximum Gasteiger partial charge on any atom is 0.135 e. The van der Waals surface area contributed by atoms with Gasteiger partial charge >= 0.3 is 0 Å². The third kappa shape index (κ3) is 2.10. The molecule has 0 spiro atoms. The van der Waals surface area contributed by atoms with Crippen molar-refractivity contribution in [2.45, 2.75) is 0 Å². The summed E-state index contributed by atoms with van der Waals surface area (Å²) >= 11 is 5.83. The highest BCUT2D eigenvalue weighted by Crippen LogP contribution is 2.25. The van der Waals surface area contributed by atoms with Crippen LogP contribution in [-0.4, -0.2) is 15.0 Å². The molecule has 0 bridgehead atoms. The molecule has 2 aromatic heterocycles. The van der Waals surface area contributed by atoms with Crippen molar-refractivity contribution in [3.05, 3.63) is 54.2 Å². The summed E-state index contributed by atoms with van der Waals surface area (Å²) in [6.45, 7) is 0. The molecule has 0 aliphatic rings. The summed E-state index contributed by atoms with van der Waals surface area (Å²) in [6.07, 6.45) is 5.02. The van der Waals surface area contributed by atoms with Crippen molar-refractivity contribution in [3.8, 4) is 0 Å². The van der Waals surface area contributed by atoms with Crippen LogP contribution in [0.15, 0.2) is 49.1 Å². The van der Waals surface area contributed by atoms with Gasteiger partial charge in [0.2, 0.25) is 0 Å². The molecule has 0 amide bonds. The van der Waals surface area contributed by atoms with E-state index in [2.05, 4.69) is 20.3 Å². The van der Waals surface area contributed by atoms with Gasteiger partial charge in [0.05, 0.1) is 0 Å². The van der Waals surface area contributed by atoms with Gasteiger partial charge in [0.1, 0.15) is 17.3 Å². The van der Waals surface area contributed by atoms with E-state index in [4.69, 9.17) is 11.6 Å². The van der Waals surface area contributed by atoms with Crippen molar-refractivity contribution in [2.24, 2.45) is 0 Å². The highest BCUT2D eigenvalue weighted by Gasteiger charge is 2.02. The first-order valence-electron chi connectivity index (χ1n) is 5.40. The minimum atomic E-state index is 0.411. The fraction of sp³-hybridized carbons (Fsp3) is 0. The maximum absolute atomic E-state index is 5.83. The Balaban J connectivity index is 2.05. The molecule has 88 valence electrons. The Morgan fingerprint density at radius 2 is 2.06 bits per heavy atom. The van der Waals surface area contributed by atoms with Crippen molar-refractivity contribution in [3.63, 3.8) is 0 Å². The summed E-state index contributed by atoms with van der Waals surface area (Å²) in [5.74, 6) is 0.666. The molecule has 0 unspecified atom stereocenters. The Labute approximate surface area is 109 Å². The molecule has 0 atom stereocenters. The summed E-state index contributed by atoms with van der Waals surface area (Å²) in [4.78, 5) is 12.1. The zero-order valence-corrected chi connectivity index (χ0v) is 10.1. The van der Waals surface area contributed by atoms with E-state index in [9.17, 15) is 0 Å². The summed E-state index contributed by atoms with van der Waals surface area (Å²) < 4.78 is 0. The molecule has 0 radical (unpaired) electrons. The normalized spacial score (nSPS) is 10.5. The molecule has 0 saturated heterocycles. The first-order chi connectivity index (χ1) is 8.83. The molecule has 3 rings (SSSR count). The van der Waals surface area contributed by atoms with Crippen molar-refractivity contribution in [1.29, 1.82) is 0 Å². The monoisotopic (exact) mass is 256 g/mol. The summed E-state index contributed by atoms with van der Waals surface area (Å²) in [5.41, 5.74) is 0.963. The van der Waals surface area contributed by atoms with E-state index in [1.54, 1.807) is 12.3 Å². The second-order valence-electron chi connectivity index (χ2n) is 3.75.